The Hall–Kier alpha value is -2.11. The molecule has 0 radical (unpaired) electrons. The van der Waals surface area contributed by atoms with Crippen LogP contribution in [-0.4, -0.2) is 37.0 Å². The number of hydrogen-bond acceptors (Lipinski definition) is 3. The first kappa shape index (κ1) is 19.2. The van der Waals surface area contributed by atoms with Gasteiger partial charge in [-0.25, -0.2) is 4.79 Å². The standard InChI is InChI=1S/C20H28N2O3/c1-14(2)12-25-13-19(23)11-21-20(24)22-15(3)17-9-8-16-6-4-5-7-18(16)10-17/h4-10,14-15,19,23H,11-13H2,1-3H3,(H2,21,22,24). The molecule has 0 saturated carbocycles. The van der Waals surface area contributed by atoms with Crippen molar-refractivity contribution in [3.63, 3.8) is 0 Å². The second-order valence-corrected chi connectivity index (χ2v) is 6.77. The number of hydrogen-bond donors (Lipinski definition) is 3. The second kappa shape index (κ2) is 9.39. The normalized spacial score (nSPS) is 13.6. The van der Waals surface area contributed by atoms with Gasteiger partial charge in [-0.1, -0.05) is 50.2 Å². The second-order valence-electron chi connectivity index (χ2n) is 6.77. The smallest absolute Gasteiger partial charge is 0.315 e. The molecule has 2 amide bonds. The molecule has 0 heterocycles. The molecule has 3 N–H and O–H groups in total. The molecule has 0 bridgehead atoms. The van der Waals surface area contributed by atoms with Gasteiger partial charge in [-0.15, -0.1) is 0 Å². The maximum absolute atomic E-state index is 12.0. The minimum atomic E-state index is -0.708. The zero-order valence-corrected chi connectivity index (χ0v) is 15.2. The van der Waals surface area contributed by atoms with E-state index in [1.165, 1.54) is 5.39 Å². The van der Waals surface area contributed by atoms with Gasteiger partial charge in [-0.2, -0.15) is 0 Å². The van der Waals surface area contributed by atoms with Crippen molar-refractivity contribution in [2.75, 3.05) is 19.8 Å². The number of carbonyl (C=O) groups excluding carboxylic acids is 1. The van der Waals surface area contributed by atoms with Crippen molar-refractivity contribution < 1.29 is 14.6 Å². The predicted octanol–water partition coefficient (Wildman–Crippen LogP) is 3.23. The lowest BCUT2D eigenvalue weighted by Crippen LogP contribution is -2.41. The lowest BCUT2D eigenvalue weighted by atomic mass is 10.0. The van der Waals surface area contributed by atoms with Gasteiger partial charge >= 0.3 is 6.03 Å². The van der Waals surface area contributed by atoms with Crippen LogP contribution in [0.5, 0.6) is 0 Å². The molecule has 0 fully saturated rings. The Kier molecular flexibility index (Phi) is 7.22. The Bertz CT molecular complexity index is 687. The highest BCUT2D eigenvalue weighted by Gasteiger charge is 2.12. The van der Waals surface area contributed by atoms with E-state index in [0.717, 1.165) is 10.9 Å². The first-order chi connectivity index (χ1) is 12.0. The van der Waals surface area contributed by atoms with Gasteiger partial charge in [0.25, 0.3) is 0 Å². The predicted molar refractivity (Wildman–Crippen MR) is 101 cm³/mol. The van der Waals surface area contributed by atoms with E-state index in [1.807, 2.05) is 39.0 Å². The first-order valence-electron chi connectivity index (χ1n) is 8.74. The van der Waals surface area contributed by atoms with Crippen molar-refractivity contribution >= 4 is 16.8 Å². The molecular weight excluding hydrogens is 316 g/mol. The molecule has 0 spiro atoms. The summed E-state index contributed by atoms with van der Waals surface area (Å²) in [6.07, 6.45) is -0.708. The van der Waals surface area contributed by atoms with E-state index in [2.05, 4.69) is 34.9 Å². The summed E-state index contributed by atoms with van der Waals surface area (Å²) in [5.74, 6) is 0.422. The van der Waals surface area contributed by atoms with Crippen LogP contribution >= 0.6 is 0 Å². The van der Waals surface area contributed by atoms with Crippen LogP contribution in [0.15, 0.2) is 42.5 Å². The first-order valence-corrected chi connectivity index (χ1v) is 8.74. The summed E-state index contributed by atoms with van der Waals surface area (Å²) >= 11 is 0. The number of urea groups is 1. The Morgan fingerprint density at radius 3 is 2.52 bits per heavy atom. The zero-order chi connectivity index (χ0) is 18.2. The van der Waals surface area contributed by atoms with E-state index in [0.29, 0.717) is 12.5 Å². The Morgan fingerprint density at radius 2 is 1.80 bits per heavy atom. The lowest BCUT2D eigenvalue weighted by Gasteiger charge is -2.17. The number of ether oxygens (including phenoxy) is 1. The number of fused-ring (bicyclic) bond motifs is 1. The number of aliphatic hydroxyl groups is 1. The average molecular weight is 344 g/mol. The van der Waals surface area contributed by atoms with Gasteiger partial charge < -0.3 is 20.5 Å². The molecule has 2 unspecified atom stereocenters. The fourth-order valence-corrected chi connectivity index (χ4v) is 2.52. The number of benzene rings is 2. The van der Waals surface area contributed by atoms with Crippen LogP contribution in [0.2, 0.25) is 0 Å². The topological polar surface area (TPSA) is 70.6 Å². The van der Waals surface area contributed by atoms with E-state index in [-0.39, 0.29) is 25.2 Å². The maximum Gasteiger partial charge on any atom is 0.315 e. The van der Waals surface area contributed by atoms with Gasteiger partial charge in [0.2, 0.25) is 0 Å². The number of rotatable bonds is 8. The van der Waals surface area contributed by atoms with Gasteiger partial charge in [0.15, 0.2) is 0 Å². The van der Waals surface area contributed by atoms with Gasteiger partial charge in [0.1, 0.15) is 0 Å². The SMILES string of the molecule is CC(C)COCC(O)CNC(=O)NC(C)c1ccc2ccccc2c1. The summed E-state index contributed by atoms with van der Waals surface area (Å²) in [7, 11) is 0. The summed E-state index contributed by atoms with van der Waals surface area (Å²) in [6.45, 7) is 7.01. The molecule has 2 rings (SSSR count). The highest BCUT2D eigenvalue weighted by atomic mass is 16.5. The molecular formula is C20H28N2O3. The third-order valence-corrected chi connectivity index (χ3v) is 3.88. The molecule has 5 nitrogen and oxygen atoms in total. The molecule has 136 valence electrons. The molecule has 5 heteroatoms. The molecule has 2 aromatic rings. The molecule has 2 atom stereocenters. The molecule has 0 aromatic heterocycles. The summed E-state index contributed by atoms with van der Waals surface area (Å²) in [4.78, 5) is 12.0. The minimum absolute atomic E-state index is 0.126. The Labute approximate surface area is 149 Å². The zero-order valence-electron chi connectivity index (χ0n) is 15.2. The average Bonchev–Trinajstić information content (AvgIpc) is 2.59. The Balaban J connectivity index is 1.78. The van der Waals surface area contributed by atoms with E-state index in [1.54, 1.807) is 0 Å². The number of nitrogens with one attached hydrogen (secondary N) is 2. The highest BCUT2D eigenvalue weighted by molar-refractivity contribution is 5.83. The summed E-state index contributed by atoms with van der Waals surface area (Å²) < 4.78 is 5.36. The van der Waals surface area contributed by atoms with Crippen molar-refractivity contribution in [1.82, 2.24) is 10.6 Å². The van der Waals surface area contributed by atoms with Crippen LogP contribution in [-0.2, 0) is 4.74 Å². The largest absolute Gasteiger partial charge is 0.389 e. The molecule has 0 aliphatic carbocycles. The number of amides is 2. The van der Waals surface area contributed by atoms with E-state index in [9.17, 15) is 9.90 Å². The van der Waals surface area contributed by atoms with Crippen molar-refractivity contribution in [3.8, 4) is 0 Å². The van der Waals surface area contributed by atoms with E-state index >= 15 is 0 Å². The number of aliphatic hydroxyl groups excluding tert-OH is 1. The molecule has 0 aliphatic heterocycles. The minimum Gasteiger partial charge on any atom is -0.389 e. The van der Waals surface area contributed by atoms with Gasteiger partial charge in [-0.05, 0) is 35.2 Å². The molecule has 2 aromatic carbocycles. The van der Waals surface area contributed by atoms with Crippen LogP contribution in [0.1, 0.15) is 32.4 Å². The Morgan fingerprint density at radius 1 is 1.08 bits per heavy atom. The van der Waals surface area contributed by atoms with Crippen LogP contribution in [0.25, 0.3) is 10.8 Å². The fraction of sp³-hybridized carbons (Fsp3) is 0.450. The third-order valence-electron chi connectivity index (χ3n) is 3.88. The molecule has 25 heavy (non-hydrogen) atoms. The highest BCUT2D eigenvalue weighted by Crippen LogP contribution is 2.20. The molecule has 0 saturated heterocycles. The van der Waals surface area contributed by atoms with Gasteiger partial charge in [-0.3, -0.25) is 0 Å². The van der Waals surface area contributed by atoms with Gasteiger partial charge in [0, 0.05) is 13.2 Å². The van der Waals surface area contributed by atoms with E-state index < -0.39 is 6.10 Å². The van der Waals surface area contributed by atoms with Crippen molar-refractivity contribution in [2.45, 2.75) is 32.9 Å². The number of carbonyl (C=O) groups is 1. The van der Waals surface area contributed by atoms with Crippen LogP contribution in [0, 0.1) is 5.92 Å². The van der Waals surface area contributed by atoms with Crippen molar-refractivity contribution in [3.05, 3.63) is 48.0 Å². The monoisotopic (exact) mass is 344 g/mol. The lowest BCUT2D eigenvalue weighted by molar-refractivity contribution is 0.0272. The summed E-state index contributed by atoms with van der Waals surface area (Å²) in [6, 6.07) is 13.8. The van der Waals surface area contributed by atoms with Crippen LogP contribution < -0.4 is 10.6 Å². The summed E-state index contributed by atoms with van der Waals surface area (Å²) in [5.41, 5.74) is 1.04. The fourth-order valence-electron chi connectivity index (χ4n) is 2.52. The van der Waals surface area contributed by atoms with Gasteiger partial charge in [0.05, 0.1) is 18.8 Å². The summed E-state index contributed by atoms with van der Waals surface area (Å²) in [5, 5.41) is 17.7. The van der Waals surface area contributed by atoms with Crippen molar-refractivity contribution in [1.29, 1.82) is 0 Å². The molecule has 0 aliphatic rings. The quantitative estimate of drug-likeness (QED) is 0.688. The maximum atomic E-state index is 12.0. The van der Waals surface area contributed by atoms with Crippen LogP contribution in [0.4, 0.5) is 4.79 Å². The third kappa shape index (κ3) is 6.36. The van der Waals surface area contributed by atoms with E-state index in [4.69, 9.17) is 4.74 Å². The van der Waals surface area contributed by atoms with Crippen LogP contribution in [0.3, 0.4) is 0 Å². The van der Waals surface area contributed by atoms with Crippen molar-refractivity contribution in [2.24, 2.45) is 5.92 Å².